The first-order valence-corrected chi connectivity index (χ1v) is 8.26. The van der Waals surface area contributed by atoms with Crippen LogP contribution < -0.4 is 10.9 Å². The standard InChI is InChI=1S/C18H23N3O2/c1-12-7-16-17(8-13(12)2)20-11-21(18(16)23)10-15(22)9-14-5-3-4-6-19-14/h7-8,11,14,19H,3-6,9-10H2,1-2H3/t14-/m0/s1. The van der Waals surface area contributed by atoms with Gasteiger partial charge in [-0.3, -0.25) is 14.2 Å². The van der Waals surface area contributed by atoms with Crippen molar-refractivity contribution in [2.45, 2.75) is 52.1 Å². The lowest BCUT2D eigenvalue weighted by Crippen LogP contribution is -2.37. The minimum Gasteiger partial charge on any atom is -0.314 e. The first kappa shape index (κ1) is 15.9. The Morgan fingerprint density at radius 3 is 2.83 bits per heavy atom. The van der Waals surface area contributed by atoms with E-state index in [4.69, 9.17) is 0 Å². The lowest BCUT2D eigenvalue weighted by Gasteiger charge is -2.22. The Hall–Kier alpha value is -2.01. The topological polar surface area (TPSA) is 64.0 Å². The van der Waals surface area contributed by atoms with Crippen LogP contribution in [0.25, 0.3) is 10.9 Å². The monoisotopic (exact) mass is 313 g/mol. The van der Waals surface area contributed by atoms with Crippen molar-refractivity contribution in [3.63, 3.8) is 0 Å². The van der Waals surface area contributed by atoms with Crippen LogP contribution in [-0.2, 0) is 11.3 Å². The molecule has 0 bridgehead atoms. The molecule has 0 radical (unpaired) electrons. The summed E-state index contributed by atoms with van der Waals surface area (Å²) in [6.45, 7) is 5.06. The lowest BCUT2D eigenvalue weighted by atomic mass is 10.00. The third-order valence-corrected chi connectivity index (χ3v) is 4.67. The normalized spacial score (nSPS) is 18.3. The molecule has 1 N–H and O–H groups in total. The van der Waals surface area contributed by atoms with E-state index >= 15 is 0 Å². The maximum absolute atomic E-state index is 12.6. The minimum atomic E-state index is -0.136. The number of rotatable bonds is 4. The van der Waals surface area contributed by atoms with Gasteiger partial charge in [-0.15, -0.1) is 0 Å². The Kier molecular flexibility index (Phi) is 4.57. The van der Waals surface area contributed by atoms with E-state index in [9.17, 15) is 9.59 Å². The van der Waals surface area contributed by atoms with Gasteiger partial charge in [0.2, 0.25) is 0 Å². The number of aromatic nitrogens is 2. The number of ketones is 1. The number of hydrogen-bond acceptors (Lipinski definition) is 4. The Bertz CT molecular complexity index is 789. The van der Waals surface area contributed by atoms with Crippen LogP contribution in [0.15, 0.2) is 23.3 Å². The highest BCUT2D eigenvalue weighted by atomic mass is 16.1. The van der Waals surface area contributed by atoms with Crippen molar-refractivity contribution in [3.8, 4) is 0 Å². The van der Waals surface area contributed by atoms with Crippen LogP contribution in [-0.4, -0.2) is 27.9 Å². The zero-order chi connectivity index (χ0) is 16.4. The van der Waals surface area contributed by atoms with Crippen LogP contribution in [0.2, 0.25) is 0 Å². The molecular formula is C18H23N3O2. The molecule has 1 saturated heterocycles. The molecule has 0 unspecified atom stereocenters. The second-order valence-electron chi connectivity index (χ2n) is 6.52. The summed E-state index contributed by atoms with van der Waals surface area (Å²) in [5.74, 6) is 0.0801. The SMILES string of the molecule is Cc1cc2ncn(CC(=O)C[C@@H]3CCCCN3)c(=O)c2cc1C. The van der Waals surface area contributed by atoms with Crippen molar-refractivity contribution in [1.29, 1.82) is 0 Å². The van der Waals surface area contributed by atoms with Crippen LogP contribution in [0.1, 0.15) is 36.8 Å². The lowest BCUT2D eigenvalue weighted by molar-refractivity contribution is -0.120. The number of Topliss-reactive ketones (excluding diaryl/α,β-unsaturated/α-hetero) is 1. The average molecular weight is 313 g/mol. The fourth-order valence-electron chi connectivity index (χ4n) is 3.16. The van der Waals surface area contributed by atoms with Crippen LogP contribution >= 0.6 is 0 Å². The molecule has 1 atom stereocenters. The Labute approximate surface area is 135 Å². The van der Waals surface area contributed by atoms with Gasteiger partial charge in [-0.2, -0.15) is 0 Å². The molecule has 5 heteroatoms. The van der Waals surface area contributed by atoms with Gasteiger partial charge in [0.25, 0.3) is 5.56 Å². The van der Waals surface area contributed by atoms with E-state index in [1.165, 1.54) is 23.7 Å². The molecule has 1 aliphatic heterocycles. The van der Waals surface area contributed by atoms with Crippen molar-refractivity contribution in [2.75, 3.05) is 6.54 Å². The molecule has 122 valence electrons. The van der Waals surface area contributed by atoms with E-state index in [0.29, 0.717) is 17.3 Å². The van der Waals surface area contributed by atoms with Crippen LogP contribution in [0.3, 0.4) is 0 Å². The summed E-state index contributed by atoms with van der Waals surface area (Å²) in [4.78, 5) is 29.2. The fraction of sp³-hybridized carbons (Fsp3) is 0.500. The van der Waals surface area contributed by atoms with E-state index in [1.807, 2.05) is 26.0 Å². The van der Waals surface area contributed by atoms with Gasteiger partial charge in [0.05, 0.1) is 23.8 Å². The molecule has 23 heavy (non-hydrogen) atoms. The number of hydrogen-bond donors (Lipinski definition) is 1. The van der Waals surface area contributed by atoms with Gasteiger partial charge in [-0.05, 0) is 56.5 Å². The Balaban J connectivity index is 1.80. The maximum atomic E-state index is 12.6. The molecule has 0 aliphatic carbocycles. The largest absolute Gasteiger partial charge is 0.314 e. The third-order valence-electron chi connectivity index (χ3n) is 4.67. The van der Waals surface area contributed by atoms with Crippen molar-refractivity contribution in [2.24, 2.45) is 0 Å². The summed E-state index contributed by atoms with van der Waals surface area (Å²) < 4.78 is 1.43. The third kappa shape index (κ3) is 3.50. The number of nitrogens with one attached hydrogen (secondary N) is 1. The van der Waals surface area contributed by atoms with E-state index in [2.05, 4.69) is 10.3 Å². The summed E-state index contributed by atoms with van der Waals surface area (Å²) in [7, 11) is 0. The van der Waals surface area contributed by atoms with Gasteiger partial charge in [0.15, 0.2) is 5.78 Å². The summed E-state index contributed by atoms with van der Waals surface area (Å²) >= 11 is 0. The van der Waals surface area contributed by atoms with Gasteiger partial charge >= 0.3 is 0 Å². The van der Waals surface area contributed by atoms with Gasteiger partial charge in [0.1, 0.15) is 0 Å². The van der Waals surface area contributed by atoms with Gasteiger partial charge in [-0.1, -0.05) is 6.42 Å². The number of carbonyl (C=O) groups is 1. The summed E-state index contributed by atoms with van der Waals surface area (Å²) in [6.07, 6.45) is 5.36. The quantitative estimate of drug-likeness (QED) is 0.939. The highest BCUT2D eigenvalue weighted by Gasteiger charge is 2.17. The van der Waals surface area contributed by atoms with Gasteiger partial charge < -0.3 is 5.32 Å². The molecule has 2 aromatic rings. The molecule has 1 aromatic heterocycles. The molecule has 0 amide bonds. The highest BCUT2D eigenvalue weighted by Crippen LogP contribution is 2.14. The van der Waals surface area contributed by atoms with E-state index in [-0.39, 0.29) is 23.9 Å². The zero-order valence-corrected chi connectivity index (χ0v) is 13.8. The smallest absolute Gasteiger partial charge is 0.261 e. The number of aryl methyl sites for hydroxylation is 2. The predicted molar refractivity (Wildman–Crippen MR) is 90.7 cm³/mol. The fourth-order valence-corrected chi connectivity index (χ4v) is 3.16. The number of carbonyl (C=O) groups excluding carboxylic acids is 1. The predicted octanol–water partition coefficient (Wildman–Crippen LogP) is 2.11. The average Bonchev–Trinajstić information content (AvgIpc) is 2.53. The highest BCUT2D eigenvalue weighted by molar-refractivity contribution is 5.81. The van der Waals surface area contributed by atoms with Crippen LogP contribution in [0.4, 0.5) is 0 Å². The van der Waals surface area contributed by atoms with Crippen LogP contribution in [0, 0.1) is 13.8 Å². The zero-order valence-electron chi connectivity index (χ0n) is 13.8. The molecule has 2 heterocycles. The van der Waals surface area contributed by atoms with Crippen molar-refractivity contribution in [1.82, 2.24) is 14.9 Å². The van der Waals surface area contributed by atoms with Crippen molar-refractivity contribution in [3.05, 3.63) is 39.9 Å². The maximum Gasteiger partial charge on any atom is 0.261 e. The summed E-state index contributed by atoms with van der Waals surface area (Å²) in [5.41, 5.74) is 2.73. The molecule has 1 aromatic carbocycles. The number of nitrogens with zero attached hydrogens (tertiary/aromatic N) is 2. The Morgan fingerprint density at radius 2 is 2.09 bits per heavy atom. The molecule has 1 fully saturated rings. The molecule has 5 nitrogen and oxygen atoms in total. The van der Waals surface area contributed by atoms with Gasteiger partial charge in [-0.25, -0.2) is 4.98 Å². The van der Waals surface area contributed by atoms with Crippen LogP contribution in [0.5, 0.6) is 0 Å². The molecule has 0 saturated carbocycles. The number of piperidine rings is 1. The van der Waals surface area contributed by atoms with Crippen molar-refractivity contribution < 1.29 is 4.79 Å². The minimum absolute atomic E-state index is 0.0801. The van der Waals surface area contributed by atoms with E-state index < -0.39 is 0 Å². The first-order chi connectivity index (χ1) is 11.0. The summed E-state index contributed by atoms with van der Waals surface area (Å²) in [5, 5.41) is 3.95. The molecule has 1 aliphatic rings. The Morgan fingerprint density at radius 1 is 1.30 bits per heavy atom. The molecule has 3 rings (SSSR count). The number of fused-ring (bicyclic) bond motifs is 1. The first-order valence-electron chi connectivity index (χ1n) is 8.26. The van der Waals surface area contributed by atoms with Gasteiger partial charge in [0, 0.05) is 12.5 Å². The van der Waals surface area contributed by atoms with E-state index in [0.717, 1.165) is 24.1 Å². The second kappa shape index (κ2) is 6.62. The molecule has 0 spiro atoms. The van der Waals surface area contributed by atoms with E-state index in [1.54, 1.807) is 0 Å². The summed E-state index contributed by atoms with van der Waals surface area (Å²) in [6, 6.07) is 4.04. The molecular weight excluding hydrogens is 290 g/mol. The second-order valence-corrected chi connectivity index (χ2v) is 6.52. The number of benzene rings is 1. The van der Waals surface area contributed by atoms with Crippen molar-refractivity contribution >= 4 is 16.7 Å².